The Balaban J connectivity index is 5.73. The summed E-state index contributed by atoms with van der Waals surface area (Å²) in [5.74, 6) is 0. The molecule has 8 nitrogen and oxygen atoms in total. The highest BCUT2D eigenvalue weighted by molar-refractivity contribution is 9.12. The van der Waals surface area contributed by atoms with Gasteiger partial charge in [0.2, 0.25) is 12.8 Å². The third-order valence-corrected chi connectivity index (χ3v) is 8.85. The number of amides is 2. The molecule has 25 heavy (non-hydrogen) atoms. The largest absolute Gasteiger partial charge is 0.325 e. The highest BCUT2D eigenvalue weighted by Crippen LogP contribution is 2.62. The maximum Gasteiger partial charge on any atom is 0.272 e. The first kappa shape index (κ1) is 25.0. The minimum atomic E-state index is -3.75. The fraction of sp³-hybridized carbons (Fsp3) is 0.857. The van der Waals surface area contributed by atoms with E-state index in [-0.39, 0.29) is 6.61 Å². The molecule has 0 saturated heterocycles. The van der Waals surface area contributed by atoms with Gasteiger partial charge in [-0.2, -0.15) is 10.1 Å². The molecule has 0 aromatic heterocycles. The van der Waals surface area contributed by atoms with Gasteiger partial charge in [-0.15, -0.1) is 0 Å². The van der Waals surface area contributed by atoms with E-state index in [0.717, 1.165) is 10.1 Å². The molecule has 0 radical (unpaired) electrons. The summed E-state index contributed by atoms with van der Waals surface area (Å²) >= 11 is 6.42. The molecule has 0 aromatic rings. The van der Waals surface area contributed by atoms with Crippen molar-refractivity contribution in [2.24, 2.45) is 0 Å². The lowest BCUT2D eigenvalue weighted by atomic mass is 10.2. The van der Waals surface area contributed by atoms with E-state index in [0.29, 0.717) is 12.8 Å². The van der Waals surface area contributed by atoms with Crippen LogP contribution in [-0.2, 0) is 28.4 Å². The van der Waals surface area contributed by atoms with Crippen LogP contribution in [0.4, 0.5) is 0 Å². The van der Waals surface area contributed by atoms with Crippen molar-refractivity contribution in [1.82, 2.24) is 10.1 Å². The molecular formula is C14H27Br2N2O6P. The van der Waals surface area contributed by atoms with Crippen molar-refractivity contribution >= 4 is 52.0 Å². The minimum absolute atomic E-state index is 0.0892. The molecule has 0 fully saturated rings. The lowest BCUT2D eigenvalue weighted by Gasteiger charge is -2.38. The summed E-state index contributed by atoms with van der Waals surface area (Å²) in [6, 6.07) is 0. The number of halogens is 2. The van der Waals surface area contributed by atoms with Crippen LogP contribution in [0.3, 0.4) is 0 Å². The monoisotopic (exact) mass is 508 g/mol. The quantitative estimate of drug-likeness (QED) is 0.145. The highest BCUT2D eigenvalue weighted by atomic mass is 79.9. The van der Waals surface area contributed by atoms with Gasteiger partial charge in [0.25, 0.3) is 7.37 Å². The van der Waals surface area contributed by atoms with Gasteiger partial charge in [0.15, 0.2) is 9.38 Å². The zero-order chi connectivity index (χ0) is 20.1. The summed E-state index contributed by atoms with van der Waals surface area (Å²) in [4.78, 5) is 33.9. The van der Waals surface area contributed by atoms with Crippen molar-refractivity contribution in [3.05, 3.63) is 0 Å². The van der Waals surface area contributed by atoms with Gasteiger partial charge in [0.05, 0.1) is 17.8 Å². The van der Waals surface area contributed by atoms with E-state index in [9.17, 15) is 14.2 Å². The number of carbonyl (C=O) groups is 2. The number of rotatable bonds is 10. The van der Waals surface area contributed by atoms with E-state index < -0.39 is 28.0 Å². The normalized spacial score (nSPS) is 17.3. The summed E-state index contributed by atoms with van der Waals surface area (Å²) in [6.45, 7) is 12.2. The number of hydroxylamine groups is 4. The molecule has 0 aliphatic rings. The summed E-state index contributed by atoms with van der Waals surface area (Å²) in [5.41, 5.74) is -1.42. The van der Waals surface area contributed by atoms with Crippen LogP contribution in [0.1, 0.15) is 48.5 Å². The molecule has 2 atom stereocenters. The van der Waals surface area contributed by atoms with Gasteiger partial charge in [-0.25, -0.2) is 0 Å². The van der Waals surface area contributed by atoms with Gasteiger partial charge in [0.1, 0.15) is 0 Å². The van der Waals surface area contributed by atoms with Crippen molar-refractivity contribution in [3.63, 3.8) is 0 Å². The Bertz CT molecular complexity index is 457. The SMILES string of the molecule is CCOP(=O)(C(Br)N(C=O)OC(C)(C)C)C(Br)N(C=O)OC(C)(C)C. The maximum absolute atomic E-state index is 13.5. The Kier molecular flexibility index (Phi) is 9.81. The van der Waals surface area contributed by atoms with Crippen molar-refractivity contribution in [3.8, 4) is 0 Å². The topological polar surface area (TPSA) is 85.4 Å². The van der Waals surface area contributed by atoms with E-state index in [2.05, 4.69) is 31.9 Å². The molecule has 0 aliphatic heterocycles. The second-order valence-corrected chi connectivity index (χ2v) is 12.7. The first-order valence-electron chi connectivity index (χ1n) is 7.59. The second-order valence-electron chi connectivity index (χ2n) is 7.02. The molecule has 0 aromatic carbocycles. The lowest BCUT2D eigenvalue weighted by Crippen LogP contribution is -2.43. The number of hydrogen-bond acceptors (Lipinski definition) is 6. The van der Waals surface area contributed by atoms with Crippen LogP contribution in [0, 0.1) is 0 Å². The molecule has 0 rings (SSSR count). The maximum atomic E-state index is 13.5. The Hall–Kier alpha value is 0.01000. The van der Waals surface area contributed by atoms with Crippen molar-refractivity contribution in [2.45, 2.75) is 69.1 Å². The average molecular weight is 510 g/mol. The number of alkyl halides is 2. The van der Waals surface area contributed by atoms with Gasteiger partial charge >= 0.3 is 0 Å². The first-order chi connectivity index (χ1) is 11.2. The van der Waals surface area contributed by atoms with Crippen molar-refractivity contribution < 1.29 is 28.4 Å². The van der Waals surface area contributed by atoms with Gasteiger partial charge in [0, 0.05) is 0 Å². The standard InChI is InChI=1S/C14H27Br2N2O6P/c1-8-22-25(21,11(15)17(9-19)23-13(2,3)4)12(16)18(10-20)24-14(5,6)7/h9-12H,8H2,1-7H3. The first-order valence-corrected chi connectivity index (χ1v) is 11.2. The van der Waals surface area contributed by atoms with Gasteiger partial charge < -0.3 is 4.52 Å². The van der Waals surface area contributed by atoms with Crippen molar-refractivity contribution in [2.75, 3.05) is 6.61 Å². The van der Waals surface area contributed by atoms with Gasteiger partial charge in [-0.3, -0.25) is 23.8 Å². The van der Waals surface area contributed by atoms with E-state index in [1.165, 1.54) is 0 Å². The van der Waals surface area contributed by atoms with Gasteiger partial charge in [-0.1, -0.05) is 31.9 Å². The molecule has 0 spiro atoms. The van der Waals surface area contributed by atoms with Crippen LogP contribution < -0.4 is 0 Å². The van der Waals surface area contributed by atoms with Crippen LogP contribution in [0.2, 0.25) is 0 Å². The number of nitrogens with zero attached hydrogens (tertiary/aromatic N) is 2. The van der Waals surface area contributed by atoms with Crippen LogP contribution in [0.15, 0.2) is 0 Å². The zero-order valence-corrected chi connectivity index (χ0v) is 19.6. The molecule has 11 heteroatoms. The second kappa shape index (κ2) is 9.80. The van der Waals surface area contributed by atoms with Crippen LogP contribution in [0.5, 0.6) is 0 Å². The minimum Gasteiger partial charge on any atom is -0.325 e. The Morgan fingerprint density at radius 3 is 1.44 bits per heavy atom. The predicted molar refractivity (Wildman–Crippen MR) is 102 cm³/mol. The highest BCUT2D eigenvalue weighted by Gasteiger charge is 2.48. The predicted octanol–water partition coefficient (Wildman–Crippen LogP) is 4.04. The van der Waals surface area contributed by atoms with Crippen molar-refractivity contribution in [1.29, 1.82) is 0 Å². The molecule has 2 amide bonds. The third kappa shape index (κ3) is 8.05. The summed E-state index contributed by atoms with van der Waals surface area (Å²) in [6.07, 6.45) is 0.790. The molecule has 148 valence electrons. The van der Waals surface area contributed by atoms with E-state index >= 15 is 0 Å². The molecule has 0 aliphatic carbocycles. The Morgan fingerprint density at radius 2 is 1.24 bits per heavy atom. The molecule has 2 unspecified atom stereocenters. The number of carbonyl (C=O) groups excluding carboxylic acids is 2. The van der Waals surface area contributed by atoms with Crippen LogP contribution >= 0.6 is 39.2 Å². The molecule has 0 N–H and O–H groups in total. The van der Waals surface area contributed by atoms with E-state index in [1.54, 1.807) is 48.5 Å². The average Bonchev–Trinajstić information content (AvgIpc) is 2.47. The zero-order valence-electron chi connectivity index (χ0n) is 15.6. The van der Waals surface area contributed by atoms with Crippen LogP contribution in [0.25, 0.3) is 0 Å². The lowest BCUT2D eigenvalue weighted by molar-refractivity contribution is -0.218. The fourth-order valence-electron chi connectivity index (χ4n) is 1.61. The molecular weight excluding hydrogens is 483 g/mol. The summed E-state index contributed by atoms with van der Waals surface area (Å²) in [5, 5.41) is 1.73. The fourth-order valence-corrected chi connectivity index (χ4v) is 6.66. The summed E-state index contributed by atoms with van der Waals surface area (Å²) < 4.78 is 16.7. The Morgan fingerprint density at radius 1 is 0.920 bits per heavy atom. The van der Waals surface area contributed by atoms with Crippen LogP contribution in [-0.4, -0.2) is 50.1 Å². The molecule has 0 heterocycles. The molecule has 0 saturated carbocycles. The number of hydrogen-bond donors (Lipinski definition) is 0. The Labute approximate surface area is 166 Å². The third-order valence-electron chi connectivity index (χ3n) is 2.31. The molecule has 0 bridgehead atoms. The smallest absolute Gasteiger partial charge is 0.272 e. The van der Waals surface area contributed by atoms with E-state index in [4.69, 9.17) is 14.2 Å². The van der Waals surface area contributed by atoms with Gasteiger partial charge in [-0.05, 0) is 48.5 Å². The van der Waals surface area contributed by atoms with E-state index in [1.807, 2.05) is 0 Å². The summed E-state index contributed by atoms with van der Waals surface area (Å²) in [7, 11) is -3.75.